The summed E-state index contributed by atoms with van der Waals surface area (Å²) in [6.07, 6.45) is 0.858. The first-order valence-electron chi connectivity index (χ1n) is 5.32. The molecule has 1 aliphatic heterocycles. The fourth-order valence-electron chi connectivity index (χ4n) is 1.71. The zero-order valence-electron chi connectivity index (χ0n) is 8.98. The van der Waals surface area contributed by atoms with Crippen LogP contribution in [-0.4, -0.2) is 25.4 Å². The van der Waals surface area contributed by atoms with E-state index >= 15 is 0 Å². The normalized spacial score (nSPS) is 26.3. The van der Waals surface area contributed by atoms with E-state index in [9.17, 15) is 0 Å². The topological polar surface area (TPSA) is 44.5 Å². The molecular formula is C12H17NO2. The van der Waals surface area contributed by atoms with E-state index in [0.29, 0.717) is 6.61 Å². The van der Waals surface area contributed by atoms with E-state index in [1.807, 2.05) is 31.2 Å². The van der Waals surface area contributed by atoms with Crippen LogP contribution in [0.4, 0.5) is 0 Å². The largest absolute Gasteiger partial charge is 0.486 e. The SMILES string of the molecule is Cc1cccc(OC2COCCC2N)c1. The molecule has 2 rings (SSSR count). The first kappa shape index (κ1) is 10.5. The van der Waals surface area contributed by atoms with Crippen LogP contribution < -0.4 is 10.5 Å². The molecule has 1 saturated heterocycles. The summed E-state index contributed by atoms with van der Waals surface area (Å²) < 4.78 is 11.1. The van der Waals surface area contributed by atoms with Gasteiger partial charge in [0.2, 0.25) is 0 Å². The number of aryl methyl sites for hydroxylation is 1. The Balaban J connectivity index is 2.01. The van der Waals surface area contributed by atoms with E-state index in [2.05, 4.69) is 0 Å². The zero-order chi connectivity index (χ0) is 10.7. The summed E-state index contributed by atoms with van der Waals surface area (Å²) in [6.45, 7) is 3.38. The first-order chi connectivity index (χ1) is 7.25. The highest BCUT2D eigenvalue weighted by Gasteiger charge is 2.23. The van der Waals surface area contributed by atoms with E-state index in [4.69, 9.17) is 15.2 Å². The molecule has 0 spiro atoms. The van der Waals surface area contributed by atoms with Gasteiger partial charge in [-0.15, -0.1) is 0 Å². The third-order valence-corrected chi connectivity index (χ3v) is 2.63. The monoisotopic (exact) mass is 207 g/mol. The van der Waals surface area contributed by atoms with Crippen LogP contribution in [0.1, 0.15) is 12.0 Å². The van der Waals surface area contributed by atoms with Crippen molar-refractivity contribution in [3.8, 4) is 5.75 Å². The molecule has 1 fully saturated rings. The van der Waals surface area contributed by atoms with Gasteiger partial charge in [-0.3, -0.25) is 0 Å². The number of hydrogen-bond donors (Lipinski definition) is 1. The lowest BCUT2D eigenvalue weighted by Gasteiger charge is -2.29. The Morgan fingerprint density at radius 2 is 2.33 bits per heavy atom. The summed E-state index contributed by atoms with van der Waals surface area (Å²) in [5.41, 5.74) is 7.15. The molecule has 15 heavy (non-hydrogen) atoms. The molecule has 0 radical (unpaired) electrons. The minimum absolute atomic E-state index is 0.0134. The Bertz CT molecular complexity index is 327. The Kier molecular flexibility index (Phi) is 3.23. The van der Waals surface area contributed by atoms with Gasteiger partial charge in [-0.25, -0.2) is 0 Å². The molecule has 0 amide bonds. The van der Waals surface area contributed by atoms with Crippen molar-refractivity contribution < 1.29 is 9.47 Å². The van der Waals surface area contributed by atoms with Crippen LogP contribution in [0.3, 0.4) is 0 Å². The summed E-state index contributed by atoms with van der Waals surface area (Å²) in [7, 11) is 0. The van der Waals surface area contributed by atoms with E-state index in [-0.39, 0.29) is 12.1 Å². The number of benzene rings is 1. The van der Waals surface area contributed by atoms with Gasteiger partial charge in [0.15, 0.2) is 0 Å². The molecule has 1 heterocycles. The maximum atomic E-state index is 5.96. The summed E-state index contributed by atoms with van der Waals surface area (Å²) >= 11 is 0. The van der Waals surface area contributed by atoms with Crippen molar-refractivity contribution in [2.24, 2.45) is 5.73 Å². The average Bonchev–Trinajstić information content (AvgIpc) is 2.22. The molecule has 1 aromatic carbocycles. The highest BCUT2D eigenvalue weighted by atomic mass is 16.5. The molecule has 0 aliphatic carbocycles. The summed E-state index contributed by atoms with van der Waals surface area (Å²) in [5, 5.41) is 0. The average molecular weight is 207 g/mol. The van der Waals surface area contributed by atoms with E-state index < -0.39 is 0 Å². The molecule has 2 N–H and O–H groups in total. The van der Waals surface area contributed by atoms with Gasteiger partial charge in [-0.05, 0) is 31.0 Å². The molecule has 0 bridgehead atoms. The zero-order valence-corrected chi connectivity index (χ0v) is 8.98. The predicted molar refractivity (Wildman–Crippen MR) is 59.0 cm³/mol. The number of hydrogen-bond acceptors (Lipinski definition) is 3. The number of rotatable bonds is 2. The molecule has 1 aliphatic rings. The quantitative estimate of drug-likeness (QED) is 0.799. The van der Waals surface area contributed by atoms with Crippen LogP contribution in [0.25, 0.3) is 0 Å². The van der Waals surface area contributed by atoms with Gasteiger partial charge in [0, 0.05) is 12.6 Å². The summed E-state index contributed by atoms with van der Waals surface area (Å²) in [6, 6.07) is 8.08. The van der Waals surface area contributed by atoms with Crippen molar-refractivity contribution in [3.05, 3.63) is 29.8 Å². The minimum Gasteiger partial charge on any atom is -0.486 e. The lowest BCUT2D eigenvalue weighted by atomic mass is 10.1. The Labute approximate surface area is 90.2 Å². The van der Waals surface area contributed by atoms with Gasteiger partial charge in [0.05, 0.1) is 6.61 Å². The molecule has 82 valence electrons. The maximum absolute atomic E-state index is 5.96. The van der Waals surface area contributed by atoms with E-state index in [1.54, 1.807) is 0 Å². The molecule has 0 saturated carbocycles. The highest BCUT2D eigenvalue weighted by molar-refractivity contribution is 5.27. The van der Waals surface area contributed by atoms with Gasteiger partial charge in [-0.1, -0.05) is 12.1 Å². The van der Waals surface area contributed by atoms with Crippen molar-refractivity contribution in [2.45, 2.75) is 25.5 Å². The van der Waals surface area contributed by atoms with Crippen LogP contribution >= 0.6 is 0 Å². The van der Waals surface area contributed by atoms with Crippen molar-refractivity contribution >= 4 is 0 Å². The van der Waals surface area contributed by atoms with Crippen LogP contribution in [0.5, 0.6) is 5.75 Å². The van der Waals surface area contributed by atoms with E-state index in [1.165, 1.54) is 5.56 Å². The van der Waals surface area contributed by atoms with Gasteiger partial charge in [0.25, 0.3) is 0 Å². The van der Waals surface area contributed by atoms with Crippen LogP contribution in [0, 0.1) is 6.92 Å². The summed E-state index contributed by atoms with van der Waals surface area (Å²) in [5.74, 6) is 0.876. The third kappa shape index (κ3) is 2.70. The standard InChI is InChI=1S/C12H17NO2/c1-9-3-2-4-10(7-9)15-12-8-14-6-5-11(12)13/h2-4,7,11-12H,5-6,8,13H2,1H3. The third-order valence-electron chi connectivity index (χ3n) is 2.63. The molecular weight excluding hydrogens is 190 g/mol. The lowest BCUT2D eigenvalue weighted by Crippen LogP contribution is -2.46. The Morgan fingerprint density at radius 1 is 1.47 bits per heavy atom. The molecule has 0 aromatic heterocycles. The predicted octanol–water partition coefficient (Wildman–Crippen LogP) is 1.49. The number of nitrogens with two attached hydrogens (primary N) is 1. The Hall–Kier alpha value is -1.06. The fourth-order valence-corrected chi connectivity index (χ4v) is 1.71. The van der Waals surface area contributed by atoms with E-state index in [0.717, 1.165) is 18.8 Å². The van der Waals surface area contributed by atoms with Crippen molar-refractivity contribution in [2.75, 3.05) is 13.2 Å². The lowest BCUT2D eigenvalue weighted by molar-refractivity contribution is -0.00533. The van der Waals surface area contributed by atoms with Crippen molar-refractivity contribution in [1.29, 1.82) is 0 Å². The van der Waals surface area contributed by atoms with Crippen LogP contribution in [0.15, 0.2) is 24.3 Å². The molecule has 1 aromatic rings. The first-order valence-corrected chi connectivity index (χ1v) is 5.32. The second kappa shape index (κ2) is 4.64. The molecule has 2 unspecified atom stereocenters. The second-order valence-electron chi connectivity index (χ2n) is 4.00. The van der Waals surface area contributed by atoms with Gasteiger partial charge in [-0.2, -0.15) is 0 Å². The molecule has 3 heteroatoms. The summed E-state index contributed by atoms with van der Waals surface area (Å²) in [4.78, 5) is 0. The van der Waals surface area contributed by atoms with Crippen molar-refractivity contribution in [3.63, 3.8) is 0 Å². The van der Waals surface area contributed by atoms with Crippen LogP contribution in [-0.2, 0) is 4.74 Å². The number of ether oxygens (including phenoxy) is 2. The second-order valence-corrected chi connectivity index (χ2v) is 4.00. The minimum atomic E-state index is -0.0134. The highest BCUT2D eigenvalue weighted by Crippen LogP contribution is 2.17. The van der Waals surface area contributed by atoms with Gasteiger partial charge < -0.3 is 15.2 Å². The molecule has 2 atom stereocenters. The van der Waals surface area contributed by atoms with Gasteiger partial charge in [0.1, 0.15) is 11.9 Å². The van der Waals surface area contributed by atoms with Crippen LogP contribution in [0.2, 0.25) is 0 Å². The van der Waals surface area contributed by atoms with Crippen molar-refractivity contribution in [1.82, 2.24) is 0 Å². The van der Waals surface area contributed by atoms with Gasteiger partial charge >= 0.3 is 0 Å². The fraction of sp³-hybridized carbons (Fsp3) is 0.500. The molecule has 3 nitrogen and oxygen atoms in total. The maximum Gasteiger partial charge on any atom is 0.137 e. The Morgan fingerprint density at radius 3 is 3.07 bits per heavy atom. The smallest absolute Gasteiger partial charge is 0.137 e.